The van der Waals surface area contributed by atoms with Gasteiger partial charge in [0.1, 0.15) is 0 Å². The van der Waals surface area contributed by atoms with Crippen LogP contribution >= 0.6 is 0 Å². The summed E-state index contributed by atoms with van der Waals surface area (Å²) in [7, 11) is 0. The lowest BCUT2D eigenvalue weighted by Gasteiger charge is -2.14. The van der Waals surface area contributed by atoms with Gasteiger partial charge in [0.25, 0.3) is 0 Å². The minimum atomic E-state index is 0.948. The van der Waals surface area contributed by atoms with Gasteiger partial charge in [-0.3, -0.25) is 9.97 Å². The minimum absolute atomic E-state index is 0.948. The van der Waals surface area contributed by atoms with Gasteiger partial charge in [-0.05, 0) is 52.1 Å². The van der Waals surface area contributed by atoms with E-state index in [2.05, 4.69) is 97.9 Å². The molecular formula is C29H20N2. The predicted molar refractivity (Wildman–Crippen MR) is 130 cm³/mol. The Labute approximate surface area is 180 Å². The Balaban J connectivity index is 1.70. The van der Waals surface area contributed by atoms with Crippen LogP contribution in [0.1, 0.15) is 5.69 Å². The molecule has 0 aliphatic heterocycles. The van der Waals surface area contributed by atoms with Crippen molar-refractivity contribution in [1.29, 1.82) is 0 Å². The lowest BCUT2D eigenvalue weighted by atomic mass is 9.93. The summed E-state index contributed by atoms with van der Waals surface area (Å²) >= 11 is 0. The third-order valence-electron chi connectivity index (χ3n) is 5.98. The Kier molecular flexibility index (Phi) is 4.03. The van der Waals surface area contributed by atoms with Gasteiger partial charge in [0.2, 0.25) is 0 Å². The van der Waals surface area contributed by atoms with E-state index in [4.69, 9.17) is 9.97 Å². The predicted octanol–water partition coefficient (Wildman–Crippen LogP) is 7.58. The van der Waals surface area contributed by atoms with E-state index in [1.165, 1.54) is 33.0 Å². The van der Waals surface area contributed by atoms with Crippen molar-refractivity contribution >= 4 is 32.6 Å². The molecule has 0 fully saturated rings. The Bertz CT molecular complexity index is 1580. The molecule has 6 aromatic rings. The lowest BCUT2D eigenvalue weighted by Crippen LogP contribution is -1.93. The van der Waals surface area contributed by atoms with Crippen molar-refractivity contribution in [3.63, 3.8) is 0 Å². The first-order chi connectivity index (χ1) is 15.3. The van der Waals surface area contributed by atoms with Crippen molar-refractivity contribution in [2.75, 3.05) is 0 Å². The fourth-order valence-electron chi connectivity index (χ4n) is 4.58. The van der Waals surface area contributed by atoms with Gasteiger partial charge in [0, 0.05) is 22.7 Å². The highest BCUT2D eigenvalue weighted by molar-refractivity contribution is 6.13. The minimum Gasteiger partial charge on any atom is -0.254 e. The summed E-state index contributed by atoms with van der Waals surface area (Å²) in [5, 5.41) is 4.76. The van der Waals surface area contributed by atoms with E-state index >= 15 is 0 Å². The number of aryl methyl sites for hydroxylation is 1. The summed E-state index contributed by atoms with van der Waals surface area (Å²) in [4.78, 5) is 9.71. The number of rotatable bonds is 2. The number of hydrogen-bond donors (Lipinski definition) is 0. The van der Waals surface area contributed by atoms with Crippen LogP contribution in [0, 0.1) is 6.92 Å². The quantitative estimate of drug-likeness (QED) is 0.282. The maximum atomic E-state index is 4.94. The molecule has 6 rings (SSSR count). The summed E-state index contributed by atoms with van der Waals surface area (Å²) in [6, 6.07) is 34.2. The second-order valence-corrected chi connectivity index (χ2v) is 7.92. The molecule has 0 saturated carbocycles. The Morgan fingerprint density at radius 3 is 2.16 bits per heavy atom. The Hall–Kier alpha value is -4.04. The molecule has 146 valence electrons. The molecular weight excluding hydrogens is 376 g/mol. The molecule has 0 amide bonds. The van der Waals surface area contributed by atoms with Gasteiger partial charge in [-0.25, -0.2) is 0 Å². The summed E-state index contributed by atoms with van der Waals surface area (Å²) in [6.07, 6.45) is 1.89. The second kappa shape index (κ2) is 7.03. The Morgan fingerprint density at radius 1 is 0.548 bits per heavy atom. The molecule has 0 radical (unpaired) electrons. The highest BCUT2D eigenvalue weighted by Gasteiger charge is 2.14. The third kappa shape index (κ3) is 2.88. The standard InChI is InChI=1S/C29H20N2/c1-19-18-27(24-13-7-11-21-10-5-6-12-22(21)24)26-15-14-25-23(20-8-3-2-4-9-20)16-17-30-28(25)29(26)31-19/h2-18H,1H3. The number of pyridine rings is 2. The number of nitrogens with zero attached hydrogens (tertiary/aromatic N) is 2. The van der Waals surface area contributed by atoms with Crippen molar-refractivity contribution in [3.05, 3.63) is 109 Å². The zero-order valence-electron chi connectivity index (χ0n) is 17.2. The average Bonchev–Trinajstić information content (AvgIpc) is 2.83. The van der Waals surface area contributed by atoms with Crippen LogP contribution in [-0.2, 0) is 0 Å². The highest BCUT2D eigenvalue weighted by atomic mass is 14.7. The highest BCUT2D eigenvalue weighted by Crippen LogP contribution is 2.37. The van der Waals surface area contributed by atoms with Gasteiger partial charge in [0.05, 0.1) is 11.0 Å². The lowest BCUT2D eigenvalue weighted by molar-refractivity contribution is 1.25. The number of aromatic nitrogens is 2. The molecule has 4 aromatic carbocycles. The summed E-state index contributed by atoms with van der Waals surface area (Å²) in [5.74, 6) is 0. The van der Waals surface area contributed by atoms with Gasteiger partial charge >= 0.3 is 0 Å². The first-order valence-corrected chi connectivity index (χ1v) is 10.5. The van der Waals surface area contributed by atoms with E-state index in [-0.39, 0.29) is 0 Å². The van der Waals surface area contributed by atoms with Gasteiger partial charge in [-0.15, -0.1) is 0 Å². The fraction of sp³-hybridized carbons (Fsp3) is 0.0345. The van der Waals surface area contributed by atoms with Crippen LogP contribution in [0.25, 0.3) is 54.8 Å². The molecule has 31 heavy (non-hydrogen) atoms. The molecule has 0 saturated heterocycles. The van der Waals surface area contributed by atoms with Crippen LogP contribution in [0.4, 0.5) is 0 Å². The first kappa shape index (κ1) is 17.8. The molecule has 0 atom stereocenters. The molecule has 0 aliphatic carbocycles. The zero-order chi connectivity index (χ0) is 20.8. The average molecular weight is 396 g/mol. The molecule has 0 spiro atoms. The van der Waals surface area contributed by atoms with E-state index in [1.54, 1.807) is 0 Å². The smallest absolute Gasteiger partial charge is 0.0974 e. The molecule has 0 aliphatic rings. The van der Waals surface area contributed by atoms with E-state index in [0.29, 0.717) is 0 Å². The van der Waals surface area contributed by atoms with Crippen molar-refractivity contribution in [2.24, 2.45) is 0 Å². The van der Waals surface area contributed by atoms with Crippen LogP contribution in [0.3, 0.4) is 0 Å². The van der Waals surface area contributed by atoms with Crippen LogP contribution in [0.15, 0.2) is 103 Å². The summed E-state index contributed by atoms with van der Waals surface area (Å²) in [6.45, 7) is 2.06. The summed E-state index contributed by atoms with van der Waals surface area (Å²) in [5.41, 5.74) is 7.70. The maximum absolute atomic E-state index is 4.94. The number of hydrogen-bond acceptors (Lipinski definition) is 2. The van der Waals surface area contributed by atoms with Crippen LogP contribution < -0.4 is 0 Å². The van der Waals surface area contributed by atoms with Gasteiger partial charge < -0.3 is 0 Å². The molecule has 2 nitrogen and oxygen atoms in total. The second-order valence-electron chi connectivity index (χ2n) is 7.92. The van der Waals surface area contributed by atoms with Crippen molar-refractivity contribution in [1.82, 2.24) is 9.97 Å². The molecule has 0 unspecified atom stereocenters. The summed E-state index contributed by atoms with van der Waals surface area (Å²) < 4.78 is 0. The molecule has 0 bridgehead atoms. The van der Waals surface area contributed by atoms with E-state index in [9.17, 15) is 0 Å². The Morgan fingerprint density at radius 2 is 1.29 bits per heavy atom. The van der Waals surface area contributed by atoms with Crippen molar-refractivity contribution < 1.29 is 0 Å². The molecule has 0 N–H and O–H groups in total. The molecule has 2 heteroatoms. The van der Waals surface area contributed by atoms with E-state index in [0.717, 1.165) is 27.5 Å². The normalized spacial score (nSPS) is 11.4. The third-order valence-corrected chi connectivity index (χ3v) is 5.98. The zero-order valence-corrected chi connectivity index (χ0v) is 17.2. The number of fused-ring (bicyclic) bond motifs is 4. The van der Waals surface area contributed by atoms with Crippen LogP contribution in [0.2, 0.25) is 0 Å². The van der Waals surface area contributed by atoms with Crippen molar-refractivity contribution in [3.8, 4) is 22.3 Å². The van der Waals surface area contributed by atoms with Gasteiger partial charge in [0.15, 0.2) is 0 Å². The van der Waals surface area contributed by atoms with E-state index in [1.807, 2.05) is 12.3 Å². The SMILES string of the molecule is Cc1cc(-c2cccc3ccccc23)c2ccc3c(-c4ccccc4)ccnc3c2n1. The van der Waals surface area contributed by atoms with E-state index < -0.39 is 0 Å². The largest absolute Gasteiger partial charge is 0.254 e. The fourth-order valence-corrected chi connectivity index (χ4v) is 4.58. The van der Waals surface area contributed by atoms with Gasteiger partial charge in [-0.2, -0.15) is 0 Å². The molecule has 2 aromatic heterocycles. The monoisotopic (exact) mass is 396 g/mol. The number of benzene rings is 4. The van der Waals surface area contributed by atoms with Crippen molar-refractivity contribution in [2.45, 2.75) is 6.92 Å². The maximum Gasteiger partial charge on any atom is 0.0974 e. The van der Waals surface area contributed by atoms with Gasteiger partial charge in [-0.1, -0.05) is 84.9 Å². The molecule has 2 heterocycles. The van der Waals surface area contributed by atoms with Crippen LogP contribution in [0.5, 0.6) is 0 Å². The topological polar surface area (TPSA) is 25.8 Å². The first-order valence-electron chi connectivity index (χ1n) is 10.5. The van der Waals surface area contributed by atoms with Crippen LogP contribution in [-0.4, -0.2) is 9.97 Å².